The van der Waals surface area contributed by atoms with Crippen molar-refractivity contribution >= 4 is 30.1 Å². The Morgan fingerprint density at radius 2 is 1.94 bits per heavy atom. The summed E-state index contributed by atoms with van der Waals surface area (Å²) < 4.78 is 0.176. The molecule has 0 radical (unpaired) electrons. The summed E-state index contributed by atoms with van der Waals surface area (Å²) in [5.41, 5.74) is 5.42. The first-order valence-corrected chi connectivity index (χ1v) is 7.37. The smallest absolute Gasteiger partial charge is 0.240 e. The van der Waals surface area contributed by atoms with Gasteiger partial charge in [-0.2, -0.15) is 11.8 Å². The lowest BCUT2D eigenvalue weighted by Crippen LogP contribution is -2.60. The van der Waals surface area contributed by atoms with Crippen LogP contribution in [0.4, 0.5) is 0 Å². The lowest BCUT2D eigenvalue weighted by Gasteiger charge is -2.38. The summed E-state index contributed by atoms with van der Waals surface area (Å²) in [4.78, 5) is 11.9. The first-order valence-electron chi connectivity index (χ1n) is 6.14. The number of halogens is 1. The van der Waals surface area contributed by atoms with E-state index in [9.17, 15) is 4.79 Å². The number of thioether (sulfide) groups is 1. The summed E-state index contributed by atoms with van der Waals surface area (Å²) in [6, 6.07) is 0. The van der Waals surface area contributed by atoms with Gasteiger partial charge in [0, 0.05) is 11.3 Å². The second-order valence-corrected chi connectivity index (χ2v) is 6.06. The molecule has 5 heteroatoms. The molecule has 1 saturated carbocycles. The number of carbonyl (C=O) groups excluding carboxylic acids is 1. The van der Waals surface area contributed by atoms with Gasteiger partial charge in [0.05, 0.1) is 5.54 Å². The second-order valence-electron chi connectivity index (χ2n) is 4.79. The molecule has 3 N–H and O–H groups in total. The summed E-state index contributed by atoms with van der Waals surface area (Å²) in [5, 5.41) is 3.03. The Hall–Kier alpha value is 0.0700. The van der Waals surface area contributed by atoms with E-state index in [1.54, 1.807) is 0 Å². The van der Waals surface area contributed by atoms with Gasteiger partial charge in [-0.3, -0.25) is 4.79 Å². The van der Waals surface area contributed by atoms with E-state index in [0.29, 0.717) is 0 Å². The fourth-order valence-electron chi connectivity index (χ4n) is 2.06. The van der Waals surface area contributed by atoms with Crippen LogP contribution in [-0.2, 0) is 4.79 Å². The number of amides is 1. The molecule has 0 aliphatic heterocycles. The van der Waals surface area contributed by atoms with Gasteiger partial charge in [0.1, 0.15) is 0 Å². The lowest BCUT2D eigenvalue weighted by atomic mass is 9.77. The van der Waals surface area contributed by atoms with Crippen LogP contribution >= 0.6 is 24.2 Å². The van der Waals surface area contributed by atoms with Gasteiger partial charge in [0.2, 0.25) is 5.91 Å². The first-order chi connectivity index (χ1) is 7.52. The molecule has 0 atom stereocenters. The number of carbonyl (C=O) groups is 1. The van der Waals surface area contributed by atoms with Crippen molar-refractivity contribution in [3.05, 3.63) is 0 Å². The van der Waals surface area contributed by atoms with Gasteiger partial charge in [-0.05, 0) is 38.4 Å². The maximum atomic E-state index is 11.9. The number of hydrogen-bond acceptors (Lipinski definition) is 3. The van der Waals surface area contributed by atoms with Crippen LogP contribution in [-0.4, -0.2) is 29.0 Å². The van der Waals surface area contributed by atoms with Crippen LogP contribution < -0.4 is 11.1 Å². The molecule has 0 saturated heterocycles. The second kappa shape index (κ2) is 6.86. The van der Waals surface area contributed by atoms with Gasteiger partial charge >= 0.3 is 0 Å². The average molecular weight is 281 g/mol. The van der Waals surface area contributed by atoms with Crippen LogP contribution in [0.3, 0.4) is 0 Å². The van der Waals surface area contributed by atoms with E-state index in [0.717, 1.165) is 38.6 Å². The summed E-state index contributed by atoms with van der Waals surface area (Å²) >= 11 is 1.84. The number of rotatable bonds is 6. The first kappa shape index (κ1) is 17.1. The van der Waals surface area contributed by atoms with Crippen molar-refractivity contribution in [3.8, 4) is 0 Å². The van der Waals surface area contributed by atoms with Gasteiger partial charge in [0.15, 0.2) is 0 Å². The van der Waals surface area contributed by atoms with E-state index < -0.39 is 5.54 Å². The van der Waals surface area contributed by atoms with Crippen molar-refractivity contribution in [1.29, 1.82) is 0 Å². The van der Waals surface area contributed by atoms with Gasteiger partial charge in [0.25, 0.3) is 0 Å². The highest BCUT2D eigenvalue weighted by Gasteiger charge is 2.40. The van der Waals surface area contributed by atoms with Crippen molar-refractivity contribution < 1.29 is 4.79 Å². The SMILES string of the molecule is CCC(CC)(CNC(=O)C1(N)CCC1)SC.Cl. The van der Waals surface area contributed by atoms with Crippen molar-refractivity contribution in [2.45, 2.75) is 56.2 Å². The quantitative estimate of drug-likeness (QED) is 0.785. The van der Waals surface area contributed by atoms with E-state index in [1.165, 1.54) is 0 Å². The molecular formula is C12H25ClN2OS. The molecule has 1 aliphatic carbocycles. The molecule has 17 heavy (non-hydrogen) atoms. The van der Waals surface area contributed by atoms with Crippen LogP contribution in [0.1, 0.15) is 46.0 Å². The zero-order valence-corrected chi connectivity index (χ0v) is 12.7. The predicted molar refractivity (Wildman–Crippen MR) is 77.9 cm³/mol. The normalized spacial score (nSPS) is 17.9. The third-order valence-corrected chi connectivity index (χ3v) is 5.58. The van der Waals surface area contributed by atoms with Crippen molar-refractivity contribution in [3.63, 3.8) is 0 Å². The summed E-state index contributed by atoms with van der Waals surface area (Å²) in [6.45, 7) is 5.08. The Morgan fingerprint density at radius 3 is 2.24 bits per heavy atom. The highest BCUT2D eigenvalue weighted by molar-refractivity contribution is 8.00. The molecule has 0 aromatic rings. The van der Waals surface area contributed by atoms with Crippen LogP contribution in [0.5, 0.6) is 0 Å². The Bertz CT molecular complexity index is 245. The van der Waals surface area contributed by atoms with Crippen molar-refractivity contribution in [2.75, 3.05) is 12.8 Å². The summed E-state index contributed by atoms with van der Waals surface area (Å²) in [5.74, 6) is 0.0408. The molecule has 1 aliphatic rings. The molecule has 1 amide bonds. The number of nitrogens with one attached hydrogen (secondary N) is 1. The molecule has 0 aromatic carbocycles. The summed E-state index contributed by atoms with van der Waals surface area (Å²) in [7, 11) is 0. The fourth-order valence-corrected chi connectivity index (χ4v) is 2.86. The van der Waals surface area contributed by atoms with Gasteiger partial charge in [-0.15, -0.1) is 12.4 Å². The fraction of sp³-hybridized carbons (Fsp3) is 0.917. The molecule has 3 nitrogen and oxygen atoms in total. The van der Waals surface area contributed by atoms with E-state index in [1.807, 2.05) is 11.8 Å². The van der Waals surface area contributed by atoms with E-state index >= 15 is 0 Å². The minimum Gasteiger partial charge on any atom is -0.353 e. The van der Waals surface area contributed by atoms with Crippen LogP contribution in [0.15, 0.2) is 0 Å². The van der Waals surface area contributed by atoms with E-state index in [4.69, 9.17) is 5.73 Å². The van der Waals surface area contributed by atoms with Crippen molar-refractivity contribution in [2.24, 2.45) is 5.73 Å². The molecule has 0 heterocycles. The standard InChI is InChI=1S/C12H24N2OS.ClH/c1-4-11(5-2,16-3)9-14-10(15)12(13)7-6-8-12;/h4-9,13H2,1-3H3,(H,14,15);1H. The molecule has 102 valence electrons. The molecule has 0 bridgehead atoms. The molecule has 0 unspecified atom stereocenters. The minimum absolute atomic E-state index is 0. The highest BCUT2D eigenvalue weighted by Crippen LogP contribution is 2.31. The Kier molecular flexibility index (Phi) is 6.89. The minimum atomic E-state index is -0.564. The zero-order valence-electron chi connectivity index (χ0n) is 11.0. The number of hydrogen-bond donors (Lipinski definition) is 2. The Morgan fingerprint density at radius 1 is 1.41 bits per heavy atom. The van der Waals surface area contributed by atoms with Crippen LogP contribution in [0.25, 0.3) is 0 Å². The maximum absolute atomic E-state index is 11.9. The van der Waals surface area contributed by atoms with Crippen LogP contribution in [0, 0.1) is 0 Å². The lowest BCUT2D eigenvalue weighted by molar-refractivity contribution is -0.129. The molecule has 0 aromatic heterocycles. The van der Waals surface area contributed by atoms with Gasteiger partial charge in [-0.1, -0.05) is 13.8 Å². The molecule has 1 fully saturated rings. The Labute approximate surface area is 115 Å². The summed E-state index contributed by atoms with van der Waals surface area (Å²) in [6.07, 6.45) is 7.01. The van der Waals surface area contributed by atoms with Crippen molar-refractivity contribution in [1.82, 2.24) is 5.32 Å². The largest absolute Gasteiger partial charge is 0.353 e. The molecule has 1 rings (SSSR count). The van der Waals surface area contributed by atoms with E-state index in [2.05, 4.69) is 25.4 Å². The molecule has 0 spiro atoms. The molecular weight excluding hydrogens is 256 g/mol. The van der Waals surface area contributed by atoms with Gasteiger partial charge < -0.3 is 11.1 Å². The van der Waals surface area contributed by atoms with Gasteiger partial charge in [-0.25, -0.2) is 0 Å². The topological polar surface area (TPSA) is 55.1 Å². The van der Waals surface area contributed by atoms with Crippen LogP contribution in [0.2, 0.25) is 0 Å². The Balaban J connectivity index is 0.00000256. The third-order valence-electron chi connectivity index (χ3n) is 3.99. The van der Waals surface area contributed by atoms with E-state index in [-0.39, 0.29) is 23.1 Å². The third kappa shape index (κ3) is 3.76. The number of nitrogens with two attached hydrogens (primary N) is 1. The predicted octanol–water partition coefficient (Wildman–Crippen LogP) is 2.33. The maximum Gasteiger partial charge on any atom is 0.240 e. The average Bonchev–Trinajstić information content (AvgIpc) is 2.28. The highest BCUT2D eigenvalue weighted by atomic mass is 35.5. The monoisotopic (exact) mass is 280 g/mol. The zero-order chi connectivity index (χ0) is 12.2.